The van der Waals surface area contributed by atoms with Crippen molar-refractivity contribution in [3.05, 3.63) is 69.8 Å². The van der Waals surface area contributed by atoms with Gasteiger partial charge in [0.15, 0.2) is 0 Å². The second kappa shape index (κ2) is 8.02. The number of para-hydroxylation sites is 2. The quantitative estimate of drug-likeness (QED) is 0.476. The Bertz CT molecular complexity index is 1260. The summed E-state index contributed by atoms with van der Waals surface area (Å²) < 4.78 is 10.7. The van der Waals surface area contributed by atoms with E-state index in [1.165, 1.54) is 6.07 Å². The molecular weight excluding hydrogens is 382 g/mol. The van der Waals surface area contributed by atoms with Gasteiger partial charge >= 0.3 is 5.63 Å². The molecule has 0 bridgehead atoms. The van der Waals surface area contributed by atoms with Crippen LogP contribution in [0.25, 0.3) is 22.0 Å². The van der Waals surface area contributed by atoms with Crippen LogP contribution in [0.1, 0.15) is 36.3 Å². The zero-order valence-corrected chi connectivity index (χ0v) is 17.1. The minimum atomic E-state index is -0.395. The van der Waals surface area contributed by atoms with E-state index in [9.17, 15) is 9.59 Å². The highest BCUT2D eigenvalue weighted by molar-refractivity contribution is 5.83. The Morgan fingerprint density at radius 3 is 2.83 bits per heavy atom. The number of hydrogen-bond acceptors (Lipinski definition) is 5. The van der Waals surface area contributed by atoms with E-state index in [4.69, 9.17) is 9.15 Å². The second-order valence-electron chi connectivity index (χ2n) is 7.34. The number of ether oxygens (including phenoxy) is 1. The van der Waals surface area contributed by atoms with Gasteiger partial charge in [-0.3, -0.25) is 4.79 Å². The Labute approximate surface area is 173 Å². The minimum Gasteiger partial charge on any atom is -0.496 e. The van der Waals surface area contributed by atoms with E-state index in [2.05, 4.69) is 15.3 Å². The zero-order chi connectivity index (χ0) is 21.3. The molecule has 0 aliphatic rings. The number of fused-ring (bicyclic) bond motifs is 2. The van der Waals surface area contributed by atoms with Crippen molar-refractivity contribution in [2.24, 2.45) is 0 Å². The maximum Gasteiger partial charge on any atom is 0.336 e. The SMILES string of the molecule is COc1cc2oc(=O)cc(C)c2cc1CCC(=O)N[C@H](C)c1nc2ccccc2[nH]1. The predicted octanol–water partition coefficient (Wildman–Crippen LogP) is 3.80. The third kappa shape index (κ3) is 3.91. The van der Waals surface area contributed by atoms with E-state index in [1.807, 2.05) is 44.2 Å². The molecule has 2 heterocycles. The summed E-state index contributed by atoms with van der Waals surface area (Å²) in [5.41, 5.74) is 3.60. The van der Waals surface area contributed by atoms with Crippen molar-refractivity contribution in [1.29, 1.82) is 0 Å². The molecule has 2 aromatic heterocycles. The fourth-order valence-corrected chi connectivity index (χ4v) is 3.58. The normalized spacial score (nSPS) is 12.2. The summed E-state index contributed by atoms with van der Waals surface area (Å²) >= 11 is 0. The Kier molecular flexibility index (Phi) is 5.27. The second-order valence-corrected chi connectivity index (χ2v) is 7.34. The van der Waals surface area contributed by atoms with Crippen LogP contribution in [0, 0.1) is 6.92 Å². The Morgan fingerprint density at radius 1 is 1.27 bits per heavy atom. The van der Waals surface area contributed by atoms with Gasteiger partial charge in [0.05, 0.1) is 24.2 Å². The third-order valence-electron chi connectivity index (χ3n) is 5.17. The van der Waals surface area contributed by atoms with E-state index in [0.29, 0.717) is 24.2 Å². The Morgan fingerprint density at radius 2 is 2.07 bits per heavy atom. The standard InChI is InChI=1S/C23H23N3O4/c1-13-10-22(28)30-20-12-19(29-3)15(11-16(13)20)8-9-21(27)24-14(2)23-25-17-6-4-5-7-18(17)26-23/h4-7,10-12,14H,8-9H2,1-3H3,(H,24,27)(H,25,26)/t14-/m1/s1. The summed E-state index contributed by atoms with van der Waals surface area (Å²) in [5, 5.41) is 3.82. The molecular formula is C23H23N3O4. The molecule has 0 spiro atoms. The lowest BCUT2D eigenvalue weighted by Gasteiger charge is -2.13. The molecule has 4 rings (SSSR count). The van der Waals surface area contributed by atoms with Crippen LogP contribution in [0.4, 0.5) is 0 Å². The third-order valence-corrected chi connectivity index (χ3v) is 5.17. The van der Waals surface area contributed by atoms with Gasteiger partial charge in [0.1, 0.15) is 17.2 Å². The summed E-state index contributed by atoms with van der Waals surface area (Å²) in [5.74, 6) is 1.23. The molecule has 154 valence electrons. The maximum absolute atomic E-state index is 12.5. The molecule has 0 unspecified atom stereocenters. The highest BCUT2D eigenvalue weighted by Crippen LogP contribution is 2.28. The molecule has 0 aliphatic heterocycles. The summed E-state index contributed by atoms with van der Waals surface area (Å²) in [6, 6.07) is 12.6. The molecule has 7 nitrogen and oxygen atoms in total. The average molecular weight is 405 g/mol. The number of rotatable bonds is 6. The van der Waals surface area contributed by atoms with Crippen LogP contribution in [0.3, 0.4) is 0 Å². The van der Waals surface area contributed by atoms with Crippen molar-refractivity contribution in [3.63, 3.8) is 0 Å². The lowest BCUT2D eigenvalue weighted by molar-refractivity contribution is -0.121. The summed E-state index contributed by atoms with van der Waals surface area (Å²) in [6.45, 7) is 3.76. The lowest BCUT2D eigenvalue weighted by atomic mass is 10.0. The average Bonchev–Trinajstić information content (AvgIpc) is 3.16. The number of imidazole rings is 1. The van der Waals surface area contributed by atoms with E-state index < -0.39 is 5.63 Å². The van der Waals surface area contributed by atoms with Crippen LogP contribution in [-0.2, 0) is 11.2 Å². The first-order valence-electron chi connectivity index (χ1n) is 9.80. The number of benzene rings is 2. The molecule has 0 saturated heterocycles. The van der Waals surface area contributed by atoms with Gasteiger partial charge in [0, 0.05) is 23.9 Å². The number of methoxy groups -OCH3 is 1. The number of aromatic nitrogens is 2. The van der Waals surface area contributed by atoms with Crippen LogP contribution < -0.4 is 15.7 Å². The van der Waals surface area contributed by atoms with Crippen molar-refractivity contribution in [2.45, 2.75) is 32.7 Å². The molecule has 2 aromatic carbocycles. The highest BCUT2D eigenvalue weighted by Gasteiger charge is 2.15. The van der Waals surface area contributed by atoms with E-state index >= 15 is 0 Å². The number of hydrogen-bond donors (Lipinski definition) is 2. The first-order valence-corrected chi connectivity index (χ1v) is 9.80. The van der Waals surface area contributed by atoms with E-state index in [0.717, 1.165) is 33.4 Å². The molecule has 2 N–H and O–H groups in total. The fraction of sp³-hybridized carbons (Fsp3) is 0.261. The fourth-order valence-electron chi connectivity index (χ4n) is 3.58. The first kappa shape index (κ1) is 19.7. The minimum absolute atomic E-state index is 0.0820. The predicted molar refractivity (Wildman–Crippen MR) is 115 cm³/mol. The highest BCUT2D eigenvalue weighted by atomic mass is 16.5. The van der Waals surface area contributed by atoms with Crippen molar-refractivity contribution in [3.8, 4) is 5.75 Å². The van der Waals surface area contributed by atoms with Crippen molar-refractivity contribution in [2.75, 3.05) is 7.11 Å². The number of nitrogens with zero attached hydrogens (tertiary/aromatic N) is 1. The van der Waals surface area contributed by atoms with Gasteiger partial charge in [-0.15, -0.1) is 0 Å². The molecule has 0 saturated carbocycles. The molecule has 4 aromatic rings. The molecule has 7 heteroatoms. The van der Waals surface area contributed by atoms with Gasteiger partial charge in [-0.25, -0.2) is 9.78 Å². The van der Waals surface area contributed by atoms with Gasteiger partial charge in [0.2, 0.25) is 5.91 Å². The molecule has 0 radical (unpaired) electrons. The largest absolute Gasteiger partial charge is 0.496 e. The number of aryl methyl sites for hydroxylation is 2. The number of amides is 1. The number of carbonyl (C=O) groups excluding carboxylic acids is 1. The maximum atomic E-state index is 12.5. The number of carbonyl (C=O) groups is 1. The summed E-state index contributed by atoms with van der Waals surface area (Å²) in [7, 11) is 1.56. The van der Waals surface area contributed by atoms with Gasteiger partial charge in [-0.05, 0) is 49.6 Å². The van der Waals surface area contributed by atoms with E-state index in [1.54, 1.807) is 13.2 Å². The number of H-pyrrole nitrogens is 1. The van der Waals surface area contributed by atoms with Crippen LogP contribution in [0.2, 0.25) is 0 Å². The van der Waals surface area contributed by atoms with Crippen molar-refractivity contribution >= 4 is 27.9 Å². The van der Waals surface area contributed by atoms with Crippen molar-refractivity contribution in [1.82, 2.24) is 15.3 Å². The first-order chi connectivity index (χ1) is 14.4. The molecule has 1 amide bonds. The van der Waals surface area contributed by atoms with Crippen LogP contribution in [0.5, 0.6) is 5.75 Å². The van der Waals surface area contributed by atoms with E-state index in [-0.39, 0.29) is 11.9 Å². The monoisotopic (exact) mass is 405 g/mol. The number of nitrogens with one attached hydrogen (secondary N) is 2. The van der Waals surface area contributed by atoms with Gasteiger partial charge < -0.3 is 19.5 Å². The van der Waals surface area contributed by atoms with Gasteiger partial charge in [-0.2, -0.15) is 0 Å². The smallest absolute Gasteiger partial charge is 0.336 e. The summed E-state index contributed by atoms with van der Waals surface area (Å²) in [6.07, 6.45) is 0.790. The van der Waals surface area contributed by atoms with Crippen molar-refractivity contribution < 1.29 is 13.9 Å². The molecule has 0 aliphatic carbocycles. The zero-order valence-electron chi connectivity index (χ0n) is 17.1. The molecule has 0 fully saturated rings. The lowest BCUT2D eigenvalue weighted by Crippen LogP contribution is -2.27. The van der Waals surface area contributed by atoms with Crippen LogP contribution in [0.15, 0.2) is 51.7 Å². The van der Waals surface area contributed by atoms with Crippen LogP contribution >= 0.6 is 0 Å². The molecule has 1 atom stereocenters. The van der Waals surface area contributed by atoms with Gasteiger partial charge in [-0.1, -0.05) is 12.1 Å². The Balaban J connectivity index is 1.47. The Hall–Kier alpha value is -3.61. The number of aromatic amines is 1. The summed E-state index contributed by atoms with van der Waals surface area (Å²) in [4.78, 5) is 31.9. The van der Waals surface area contributed by atoms with Crippen LogP contribution in [-0.4, -0.2) is 23.0 Å². The van der Waals surface area contributed by atoms with Gasteiger partial charge in [0.25, 0.3) is 0 Å². The topological polar surface area (TPSA) is 97.2 Å². The molecule has 30 heavy (non-hydrogen) atoms.